The number of nitrogens with one attached hydrogen (secondary N) is 1. The fraction of sp³-hybridized carbons (Fsp3) is 0.625. The minimum absolute atomic E-state index is 0.0863. The average Bonchev–Trinajstić information content (AvgIpc) is 2.40. The van der Waals surface area contributed by atoms with E-state index < -0.39 is 0 Å². The van der Waals surface area contributed by atoms with Crippen LogP contribution >= 0.6 is 0 Å². The number of rotatable bonds is 4. The van der Waals surface area contributed by atoms with Gasteiger partial charge in [-0.15, -0.1) is 0 Å². The van der Waals surface area contributed by atoms with Crippen LogP contribution in [0.4, 0.5) is 10.1 Å². The zero-order chi connectivity index (χ0) is 13.8. The highest BCUT2D eigenvalue weighted by Gasteiger charge is 2.22. The van der Waals surface area contributed by atoms with Crippen molar-refractivity contribution in [1.82, 2.24) is 5.32 Å². The van der Waals surface area contributed by atoms with E-state index in [2.05, 4.69) is 31.0 Å². The van der Waals surface area contributed by atoms with E-state index >= 15 is 0 Å². The van der Waals surface area contributed by atoms with Crippen molar-refractivity contribution in [1.29, 1.82) is 0 Å². The molecule has 0 amide bonds. The summed E-state index contributed by atoms with van der Waals surface area (Å²) in [6, 6.07) is 5.63. The Balaban J connectivity index is 2.27. The van der Waals surface area contributed by atoms with E-state index in [-0.39, 0.29) is 11.9 Å². The predicted octanol–water partition coefficient (Wildman–Crippen LogP) is 3.73. The van der Waals surface area contributed by atoms with Gasteiger partial charge in [0.1, 0.15) is 5.82 Å². The molecule has 1 aliphatic rings. The summed E-state index contributed by atoms with van der Waals surface area (Å²) in [6.45, 7) is 9.29. The Morgan fingerprint density at radius 3 is 2.68 bits per heavy atom. The van der Waals surface area contributed by atoms with E-state index in [1.54, 1.807) is 6.07 Å². The van der Waals surface area contributed by atoms with Gasteiger partial charge >= 0.3 is 0 Å². The maximum Gasteiger partial charge on any atom is 0.146 e. The molecule has 0 radical (unpaired) electrons. The number of para-hydroxylation sites is 1. The third kappa shape index (κ3) is 3.27. The summed E-state index contributed by atoms with van der Waals surface area (Å²) >= 11 is 0. The Bertz CT molecular complexity index is 411. The fourth-order valence-electron chi connectivity index (χ4n) is 2.86. The van der Waals surface area contributed by atoms with Crippen LogP contribution in [0.5, 0.6) is 0 Å². The maximum absolute atomic E-state index is 14.3. The highest BCUT2D eigenvalue weighted by molar-refractivity contribution is 5.56. The molecule has 0 saturated carbocycles. The molecule has 0 spiro atoms. The maximum atomic E-state index is 14.3. The standard InChI is InChI=1S/C16H25FN2/c1-4-18-13(3)14-6-5-7-15(17)16(14)19-10-8-12(2)9-11-19/h5-7,12-13,18H,4,8-11H2,1-3H3. The van der Waals surface area contributed by atoms with E-state index in [0.717, 1.165) is 49.6 Å². The summed E-state index contributed by atoms with van der Waals surface area (Å²) in [5.74, 6) is 0.675. The van der Waals surface area contributed by atoms with Gasteiger partial charge in [0.05, 0.1) is 5.69 Å². The SMILES string of the molecule is CCNC(C)c1cccc(F)c1N1CCC(C)CC1. The number of nitrogens with zero attached hydrogens (tertiary/aromatic N) is 1. The van der Waals surface area contributed by atoms with Crippen LogP contribution in [0.15, 0.2) is 18.2 Å². The van der Waals surface area contributed by atoms with Crippen molar-refractivity contribution in [3.63, 3.8) is 0 Å². The van der Waals surface area contributed by atoms with E-state index in [9.17, 15) is 4.39 Å². The van der Waals surface area contributed by atoms with E-state index in [1.807, 2.05) is 12.1 Å². The largest absolute Gasteiger partial charge is 0.369 e. The second-order valence-corrected chi connectivity index (χ2v) is 5.63. The number of benzene rings is 1. The van der Waals surface area contributed by atoms with Crippen LogP contribution in [0.2, 0.25) is 0 Å². The van der Waals surface area contributed by atoms with Crippen molar-refractivity contribution in [3.8, 4) is 0 Å². The molecule has 0 bridgehead atoms. The molecule has 1 N–H and O–H groups in total. The molecule has 1 unspecified atom stereocenters. The lowest BCUT2D eigenvalue weighted by atomic mass is 9.97. The second kappa shape index (κ2) is 6.38. The van der Waals surface area contributed by atoms with Crippen LogP contribution in [0.25, 0.3) is 0 Å². The zero-order valence-electron chi connectivity index (χ0n) is 12.2. The van der Waals surface area contributed by atoms with Crippen LogP contribution in [-0.4, -0.2) is 19.6 Å². The first-order chi connectivity index (χ1) is 9.13. The first kappa shape index (κ1) is 14.3. The lowest BCUT2D eigenvalue weighted by Crippen LogP contribution is -2.35. The number of anilines is 1. The molecule has 0 aliphatic carbocycles. The van der Waals surface area contributed by atoms with Gasteiger partial charge in [-0.2, -0.15) is 0 Å². The first-order valence-electron chi connectivity index (χ1n) is 7.40. The summed E-state index contributed by atoms with van der Waals surface area (Å²) in [5.41, 5.74) is 1.89. The molecule has 1 fully saturated rings. The molecule has 0 aromatic heterocycles. The Morgan fingerprint density at radius 1 is 1.37 bits per heavy atom. The Morgan fingerprint density at radius 2 is 2.05 bits per heavy atom. The quantitative estimate of drug-likeness (QED) is 0.891. The van der Waals surface area contributed by atoms with Crippen LogP contribution in [-0.2, 0) is 0 Å². The molecule has 106 valence electrons. The summed E-state index contributed by atoms with van der Waals surface area (Å²) in [4.78, 5) is 2.22. The van der Waals surface area contributed by atoms with Gasteiger partial charge in [0.25, 0.3) is 0 Å². The van der Waals surface area contributed by atoms with Crippen LogP contribution in [0.1, 0.15) is 45.2 Å². The van der Waals surface area contributed by atoms with Gasteiger partial charge in [0, 0.05) is 19.1 Å². The molecule has 1 heterocycles. The molecule has 1 atom stereocenters. The molecule has 1 aromatic carbocycles. The number of hydrogen-bond acceptors (Lipinski definition) is 2. The fourth-order valence-corrected chi connectivity index (χ4v) is 2.86. The number of halogens is 1. The highest BCUT2D eigenvalue weighted by Crippen LogP contribution is 2.32. The van der Waals surface area contributed by atoms with Gasteiger partial charge in [0.2, 0.25) is 0 Å². The average molecular weight is 264 g/mol. The highest BCUT2D eigenvalue weighted by atomic mass is 19.1. The van der Waals surface area contributed by atoms with Gasteiger partial charge in [-0.1, -0.05) is 26.0 Å². The molecule has 1 saturated heterocycles. The Kier molecular flexibility index (Phi) is 4.81. The van der Waals surface area contributed by atoms with Gasteiger partial charge in [-0.05, 0) is 43.9 Å². The number of hydrogen-bond donors (Lipinski definition) is 1. The van der Waals surface area contributed by atoms with Crippen molar-refractivity contribution in [2.24, 2.45) is 5.92 Å². The summed E-state index contributed by atoms with van der Waals surface area (Å²) < 4.78 is 14.3. The molecule has 1 aromatic rings. The molecule has 2 rings (SSSR count). The molecular formula is C16H25FN2. The molecule has 19 heavy (non-hydrogen) atoms. The second-order valence-electron chi connectivity index (χ2n) is 5.63. The van der Waals surface area contributed by atoms with Gasteiger partial charge in [0.15, 0.2) is 0 Å². The van der Waals surface area contributed by atoms with Crippen LogP contribution in [0.3, 0.4) is 0 Å². The molecule has 1 aliphatic heterocycles. The zero-order valence-corrected chi connectivity index (χ0v) is 12.2. The molecule has 3 heteroatoms. The minimum atomic E-state index is -0.0863. The van der Waals surface area contributed by atoms with E-state index in [1.165, 1.54) is 0 Å². The number of piperidine rings is 1. The van der Waals surface area contributed by atoms with Crippen molar-refractivity contribution >= 4 is 5.69 Å². The first-order valence-corrected chi connectivity index (χ1v) is 7.40. The smallest absolute Gasteiger partial charge is 0.146 e. The normalized spacial score (nSPS) is 18.6. The van der Waals surface area contributed by atoms with Crippen molar-refractivity contribution in [2.45, 2.75) is 39.7 Å². The Hall–Kier alpha value is -1.09. The van der Waals surface area contributed by atoms with Crippen molar-refractivity contribution in [2.75, 3.05) is 24.5 Å². The lowest BCUT2D eigenvalue weighted by Gasteiger charge is -2.34. The Labute approximate surface area is 116 Å². The molecular weight excluding hydrogens is 239 g/mol. The van der Waals surface area contributed by atoms with Crippen LogP contribution < -0.4 is 10.2 Å². The summed E-state index contributed by atoms with van der Waals surface area (Å²) in [5, 5.41) is 3.38. The summed E-state index contributed by atoms with van der Waals surface area (Å²) in [7, 11) is 0. The third-order valence-corrected chi connectivity index (χ3v) is 4.09. The van der Waals surface area contributed by atoms with E-state index in [0.29, 0.717) is 0 Å². The monoisotopic (exact) mass is 264 g/mol. The van der Waals surface area contributed by atoms with Crippen LogP contribution in [0, 0.1) is 11.7 Å². The topological polar surface area (TPSA) is 15.3 Å². The van der Waals surface area contributed by atoms with Gasteiger partial charge < -0.3 is 10.2 Å². The van der Waals surface area contributed by atoms with Crippen molar-refractivity contribution < 1.29 is 4.39 Å². The predicted molar refractivity (Wildman–Crippen MR) is 79.1 cm³/mol. The van der Waals surface area contributed by atoms with E-state index in [4.69, 9.17) is 0 Å². The lowest BCUT2D eigenvalue weighted by molar-refractivity contribution is 0.432. The summed E-state index contributed by atoms with van der Waals surface area (Å²) in [6.07, 6.45) is 2.31. The third-order valence-electron chi connectivity index (χ3n) is 4.09. The van der Waals surface area contributed by atoms with Crippen molar-refractivity contribution in [3.05, 3.63) is 29.6 Å². The van der Waals surface area contributed by atoms with Gasteiger partial charge in [-0.25, -0.2) is 4.39 Å². The molecule has 2 nitrogen and oxygen atoms in total. The van der Waals surface area contributed by atoms with Gasteiger partial charge in [-0.3, -0.25) is 0 Å². The minimum Gasteiger partial charge on any atom is -0.369 e.